The van der Waals surface area contributed by atoms with Crippen molar-refractivity contribution in [3.8, 4) is 0 Å². The van der Waals surface area contributed by atoms with Gasteiger partial charge in [0.05, 0.1) is 5.02 Å². The zero-order valence-electron chi connectivity index (χ0n) is 8.70. The van der Waals surface area contributed by atoms with Gasteiger partial charge < -0.3 is 5.32 Å². The summed E-state index contributed by atoms with van der Waals surface area (Å²) in [5, 5.41) is 3.26. The Morgan fingerprint density at radius 3 is 2.57 bits per heavy atom. The van der Waals surface area contributed by atoms with Crippen LogP contribution in [0.5, 0.6) is 0 Å². The van der Waals surface area contributed by atoms with Gasteiger partial charge in [-0.3, -0.25) is 0 Å². The highest BCUT2D eigenvalue weighted by Crippen LogP contribution is 2.25. The van der Waals surface area contributed by atoms with Crippen LogP contribution < -0.4 is 5.32 Å². The van der Waals surface area contributed by atoms with E-state index >= 15 is 0 Å². The molecule has 0 fully saturated rings. The molecule has 1 aromatic carbocycles. The third-order valence-electron chi connectivity index (χ3n) is 2.32. The first-order valence-corrected chi connectivity index (χ1v) is 4.95. The highest BCUT2D eigenvalue weighted by atomic mass is 35.5. The van der Waals surface area contributed by atoms with Gasteiger partial charge in [-0.2, -0.15) is 0 Å². The zero-order chi connectivity index (χ0) is 10.8. The standard InChI is InChI=1S/C11H15ClFN/c1-11(2,7-14-3)8-4-5-9(12)10(13)6-8/h4-6,14H,7H2,1-3H3. The highest BCUT2D eigenvalue weighted by molar-refractivity contribution is 6.30. The first kappa shape index (κ1) is 11.5. The maximum absolute atomic E-state index is 13.2. The smallest absolute Gasteiger partial charge is 0.142 e. The van der Waals surface area contributed by atoms with Gasteiger partial charge in [0.15, 0.2) is 0 Å². The average Bonchev–Trinajstić information content (AvgIpc) is 2.09. The van der Waals surface area contributed by atoms with E-state index < -0.39 is 0 Å². The maximum atomic E-state index is 13.2. The van der Waals surface area contributed by atoms with Crippen LogP contribution >= 0.6 is 11.6 Å². The van der Waals surface area contributed by atoms with Gasteiger partial charge in [-0.05, 0) is 24.7 Å². The van der Waals surface area contributed by atoms with Crippen LogP contribution in [0.1, 0.15) is 19.4 Å². The summed E-state index contributed by atoms with van der Waals surface area (Å²) in [4.78, 5) is 0. The summed E-state index contributed by atoms with van der Waals surface area (Å²) in [6.45, 7) is 4.92. The minimum absolute atomic E-state index is 0.0832. The molecule has 0 saturated heterocycles. The number of rotatable bonds is 3. The highest BCUT2D eigenvalue weighted by Gasteiger charge is 2.20. The molecule has 1 nitrogen and oxygen atoms in total. The Balaban J connectivity index is 3.01. The second-order valence-electron chi connectivity index (χ2n) is 4.04. The maximum Gasteiger partial charge on any atom is 0.142 e. The summed E-state index contributed by atoms with van der Waals surface area (Å²) in [5.74, 6) is -0.353. The Morgan fingerprint density at radius 1 is 1.43 bits per heavy atom. The molecule has 0 bridgehead atoms. The molecular weight excluding hydrogens is 201 g/mol. The van der Waals surface area contributed by atoms with E-state index in [4.69, 9.17) is 11.6 Å². The van der Waals surface area contributed by atoms with Gasteiger partial charge in [-0.15, -0.1) is 0 Å². The summed E-state index contributed by atoms with van der Waals surface area (Å²) in [6, 6.07) is 4.96. The van der Waals surface area contributed by atoms with E-state index in [0.29, 0.717) is 0 Å². The van der Waals surface area contributed by atoms with E-state index in [1.807, 2.05) is 13.1 Å². The Labute approximate surface area is 89.3 Å². The van der Waals surface area contributed by atoms with E-state index in [1.165, 1.54) is 6.07 Å². The van der Waals surface area contributed by atoms with Crippen molar-refractivity contribution in [1.82, 2.24) is 5.32 Å². The predicted octanol–water partition coefficient (Wildman–Crippen LogP) is 2.98. The second-order valence-corrected chi connectivity index (χ2v) is 4.45. The molecule has 14 heavy (non-hydrogen) atoms. The van der Waals surface area contributed by atoms with Crippen LogP contribution in [0.25, 0.3) is 0 Å². The van der Waals surface area contributed by atoms with Crippen LogP contribution in [-0.4, -0.2) is 13.6 Å². The van der Waals surface area contributed by atoms with E-state index in [-0.39, 0.29) is 16.3 Å². The molecule has 0 saturated carbocycles. The van der Waals surface area contributed by atoms with Crippen LogP contribution in [0.2, 0.25) is 5.02 Å². The van der Waals surface area contributed by atoms with Gasteiger partial charge in [0.25, 0.3) is 0 Å². The molecule has 0 amide bonds. The lowest BCUT2D eigenvalue weighted by Gasteiger charge is -2.25. The molecular formula is C11H15ClFN. The van der Waals surface area contributed by atoms with Crippen LogP contribution in [-0.2, 0) is 5.41 Å². The van der Waals surface area contributed by atoms with E-state index in [0.717, 1.165) is 12.1 Å². The molecule has 3 heteroatoms. The van der Waals surface area contributed by atoms with Crippen molar-refractivity contribution in [2.24, 2.45) is 0 Å². The Hall–Kier alpha value is -0.600. The topological polar surface area (TPSA) is 12.0 Å². The summed E-state index contributed by atoms with van der Waals surface area (Å²) in [6.07, 6.45) is 0. The summed E-state index contributed by atoms with van der Waals surface area (Å²) < 4.78 is 13.2. The molecule has 0 aliphatic heterocycles. The molecule has 1 rings (SSSR count). The molecule has 0 aromatic heterocycles. The normalized spacial score (nSPS) is 11.8. The van der Waals surface area contributed by atoms with Gasteiger partial charge in [0.2, 0.25) is 0 Å². The minimum atomic E-state index is -0.353. The van der Waals surface area contributed by atoms with Crippen LogP contribution in [0, 0.1) is 5.82 Å². The average molecular weight is 216 g/mol. The second kappa shape index (κ2) is 4.28. The van der Waals surface area contributed by atoms with Gasteiger partial charge >= 0.3 is 0 Å². The number of nitrogens with one attached hydrogen (secondary N) is 1. The van der Waals surface area contributed by atoms with Gasteiger partial charge in [0, 0.05) is 12.0 Å². The predicted molar refractivity (Wildman–Crippen MR) is 58.4 cm³/mol. The fourth-order valence-corrected chi connectivity index (χ4v) is 1.58. The molecule has 78 valence electrons. The molecule has 0 aliphatic rings. The lowest BCUT2D eigenvalue weighted by Crippen LogP contribution is -2.30. The fourth-order valence-electron chi connectivity index (χ4n) is 1.46. The third-order valence-corrected chi connectivity index (χ3v) is 2.63. The first-order chi connectivity index (χ1) is 6.47. The Morgan fingerprint density at radius 2 is 2.07 bits per heavy atom. The molecule has 0 atom stereocenters. The number of halogens is 2. The first-order valence-electron chi connectivity index (χ1n) is 4.57. The third kappa shape index (κ3) is 2.46. The summed E-state index contributed by atoms with van der Waals surface area (Å²) in [5.41, 5.74) is 0.869. The lowest BCUT2D eigenvalue weighted by molar-refractivity contribution is 0.489. The van der Waals surface area contributed by atoms with Crippen molar-refractivity contribution >= 4 is 11.6 Å². The number of hydrogen-bond acceptors (Lipinski definition) is 1. The Bertz CT molecular complexity index is 323. The van der Waals surface area contributed by atoms with Gasteiger partial charge in [-0.25, -0.2) is 4.39 Å². The minimum Gasteiger partial charge on any atom is -0.319 e. The molecule has 1 N–H and O–H groups in total. The summed E-state index contributed by atoms with van der Waals surface area (Å²) in [7, 11) is 1.88. The van der Waals surface area contributed by atoms with E-state index in [9.17, 15) is 4.39 Å². The number of benzene rings is 1. The van der Waals surface area contributed by atoms with Crippen LogP contribution in [0.15, 0.2) is 18.2 Å². The molecule has 0 aliphatic carbocycles. The van der Waals surface area contributed by atoms with E-state index in [1.54, 1.807) is 6.07 Å². The Kier molecular flexibility index (Phi) is 3.51. The van der Waals surface area contributed by atoms with Crippen molar-refractivity contribution in [2.45, 2.75) is 19.3 Å². The van der Waals surface area contributed by atoms with Gasteiger partial charge in [-0.1, -0.05) is 31.5 Å². The van der Waals surface area contributed by atoms with Crippen molar-refractivity contribution < 1.29 is 4.39 Å². The number of hydrogen-bond donors (Lipinski definition) is 1. The van der Waals surface area contributed by atoms with Crippen molar-refractivity contribution in [3.05, 3.63) is 34.6 Å². The van der Waals surface area contributed by atoms with Gasteiger partial charge in [0.1, 0.15) is 5.82 Å². The number of likely N-dealkylation sites (N-methyl/N-ethyl adjacent to an activating group) is 1. The molecule has 0 radical (unpaired) electrons. The SMILES string of the molecule is CNCC(C)(C)c1ccc(Cl)c(F)c1. The summed E-state index contributed by atoms with van der Waals surface area (Å²) >= 11 is 5.62. The van der Waals surface area contributed by atoms with Crippen molar-refractivity contribution in [3.63, 3.8) is 0 Å². The van der Waals surface area contributed by atoms with Crippen molar-refractivity contribution in [2.75, 3.05) is 13.6 Å². The van der Waals surface area contributed by atoms with Crippen LogP contribution in [0.3, 0.4) is 0 Å². The molecule has 0 spiro atoms. The van der Waals surface area contributed by atoms with Crippen LogP contribution in [0.4, 0.5) is 4.39 Å². The molecule has 0 heterocycles. The van der Waals surface area contributed by atoms with Crippen molar-refractivity contribution in [1.29, 1.82) is 0 Å². The fraction of sp³-hybridized carbons (Fsp3) is 0.455. The van der Waals surface area contributed by atoms with E-state index in [2.05, 4.69) is 19.2 Å². The monoisotopic (exact) mass is 215 g/mol. The molecule has 1 aromatic rings. The largest absolute Gasteiger partial charge is 0.319 e. The zero-order valence-corrected chi connectivity index (χ0v) is 9.45. The lowest BCUT2D eigenvalue weighted by atomic mass is 9.84. The quantitative estimate of drug-likeness (QED) is 0.818. The molecule has 0 unspecified atom stereocenters.